The van der Waals surface area contributed by atoms with Gasteiger partial charge in [0.2, 0.25) is 0 Å². The van der Waals surface area contributed by atoms with E-state index < -0.39 is 0 Å². The molecule has 1 aromatic heterocycles. The molecule has 0 N–H and O–H groups in total. The summed E-state index contributed by atoms with van der Waals surface area (Å²) in [5.41, 5.74) is 1.62. The van der Waals surface area contributed by atoms with Gasteiger partial charge in [-0.2, -0.15) is 0 Å². The summed E-state index contributed by atoms with van der Waals surface area (Å²) in [5.74, 6) is 0.799. The lowest BCUT2D eigenvalue weighted by atomic mass is 10.1. The predicted octanol–water partition coefficient (Wildman–Crippen LogP) is 4.83. The zero-order valence-corrected chi connectivity index (χ0v) is 15.8. The van der Waals surface area contributed by atoms with Crippen LogP contribution in [0.25, 0.3) is 0 Å². The van der Waals surface area contributed by atoms with E-state index >= 15 is 0 Å². The van der Waals surface area contributed by atoms with Crippen LogP contribution in [-0.4, -0.2) is 28.9 Å². The Bertz CT molecular complexity index is 705. The molecule has 1 heterocycles. The van der Waals surface area contributed by atoms with Gasteiger partial charge in [0, 0.05) is 24.0 Å². The summed E-state index contributed by atoms with van der Waals surface area (Å²) in [6.07, 6.45) is 7.25. The number of hydrogen-bond donors (Lipinski definition) is 0. The number of aryl methyl sites for hydroxylation is 1. The molecule has 1 aromatic carbocycles. The molecule has 4 nitrogen and oxygen atoms in total. The van der Waals surface area contributed by atoms with Gasteiger partial charge >= 0.3 is 0 Å². The molecule has 1 amide bonds. The highest BCUT2D eigenvalue weighted by Gasteiger charge is 2.22. The van der Waals surface area contributed by atoms with Gasteiger partial charge in [-0.05, 0) is 38.0 Å². The van der Waals surface area contributed by atoms with Gasteiger partial charge < -0.3 is 9.64 Å². The minimum atomic E-state index is 0.0850. The van der Waals surface area contributed by atoms with Crippen LogP contribution in [-0.2, 0) is 6.61 Å². The van der Waals surface area contributed by atoms with Crippen LogP contribution in [0.2, 0.25) is 0 Å². The van der Waals surface area contributed by atoms with E-state index in [0.717, 1.165) is 23.5 Å². The van der Waals surface area contributed by atoms with Gasteiger partial charge in [0.05, 0.1) is 10.7 Å². The zero-order chi connectivity index (χ0) is 17.6. The molecule has 0 spiro atoms. The number of ether oxygens (including phenoxy) is 1. The largest absolute Gasteiger partial charge is 0.487 e. The second-order valence-electron chi connectivity index (χ2n) is 6.74. The van der Waals surface area contributed by atoms with Gasteiger partial charge in [-0.3, -0.25) is 4.79 Å². The number of nitrogens with zero attached hydrogens (tertiary/aromatic N) is 2. The second kappa shape index (κ2) is 8.48. The average molecular weight is 359 g/mol. The monoisotopic (exact) mass is 358 g/mol. The van der Waals surface area contributed by atoms with E-state index in [4.69, 9.17) is 4.74 Å². The fourth-order valence-corrected chi connectivity index (χ4v) is 3.96. The first-order valence-electron chi connectivity index (χ1n) is 9.04. The van der Waals surface area contributed by atoms with Gasteiger partial charge in [0.1, 0.15) is 12.4 Å². The Morgan fingerprint density at radius 3 is 2.72 bits per heavy atom. The third-order valence-electron chi connectivity index (χ3n) is 4.83. The van der Waals surface area contributed by atoms with E-state index in [1.807, 2.05) is 48.5 Å². The highest BCUT2D eigenvalue weighted by Crippen LogP contribution is 2.23. The molecule has 1 saturated carbocycles. The highest BCUT2D eigenvalue weighted by atomic mass is 32.1. The number of benzene rings is 1. The Kier molecular flexibility index (Phi) is 6.08. The third kappa shape index (κ3) is 4.82. The molecule has 25 heavy (non-hydrogen) atoms. The number of aromatic nitrogens is 1. The summed E-state index contributed by atoms with van der Waals surface area (Å²) in [6.45, 7) is 2.41. The summed E-state index contributed by atoms with van der Waals surface area (Å²) in [4.78, 5) is 19.2. The molecule has 3 rings (SSSR count). The van der Waals surface area contributed by atoms with Gasteiger partial charge in [0.25, 0.3) is 5.91 Å². The molecule has 1 fully saturated rings. The number of carbonyl (C=O) groups excluding carboxylic acids is 1. The summed E-state index contributed by atoms with van der Waals surface area (Å²) in [6, 6.07) is 7.85. The Hall–Kier alpha value is -1.88. The topological polar surface area (TPSA) is 42.4 Å². The Labute approximate surface area is 153 Å². The Morgan fingerprint density at radius 2 is 2.04 bits per heavy atom. The molecule has 2 aromatic rings. The SMILES string of the molecule is Cc1nc(COc2cccc(C(=O)N(C)C3CCCCCC3)c2)cs1. The van der Waals surface area contributed by atoms with Gasteiger partial charge in [-0.15, -0.1) is 11.3 Å². The lowest BCUT2D eigenvalue weighted by Crippen LogP contribution is -2.36. The smallest absolute Gasteiger partial charge is 0.253 e. The molecule has 0 unspecified atom stereocenters. The molecule has 0 aliphatic heterocycles. The van der Waals surface area contributed by atoms with Crippen molar-refractivity contribution >= 4 is 17.2 Å². The maximum absolute atomic E-state index is 12.8. The molecule has 5 heteroatoms. The van der Waals surface area contributed by atoms with Crippen molar-refractivity contribution in [1.82, 2.24) is 9.88 Å². The lowest BCUT2D eigenvalue weighted by molar-refractivity contribution is 0.0717. The van der Waals surface area contributed by atoms with Gasteiger partial charge in [-0.25, -0.2) is 4.98 Å². The van der Waals surface area contributed by atoms with E-state index in [9.17, 15) is 4.79 Å². The quantitative estimate of drug-likeness (QED) is 0.719. The predicted molar refractivity (Wildman–Crippen MR) is 101 cm³/mol. The molecule has 134 valence electrons. The summed E-state index contributed by atoms with van der Waals surface area (Å²) < 4.78 is 5.81. The van der Waals surface area contributed by atoms with Crippen molar-refractivity contribution in [2.75, 3.05) is 7.05 Å². The normalized spacial score (nSPS) is 15.6. The van der Waals surface area contributed by atoms with Crippen molar-refractivity contribution < 1.29 is 9.53 Å². The molecular weight excluding hydrogens is 332 g/mol. The fourth-order valence-electron chi connectivity index (χ4n) is 3.37. The third-order valence-corrected chi connectivity index (χ3v) is 5.65. The molecule has 0 saturated heterocycles. The van der Waals surface area contributed by atoms with Crippen LogP contribution >= 0.6 is 11.3 Å². The first kappa shape index (κ1) is 17.9. The van der Waals surface area contributed by atoms with Crippen LogP contribution in [0.15, 0.2) is 29.6 Å². The fraction of sp³-hybridized carbons (Fsp3) is 0.500. The number of hydrogen-bond acceptors (Lipinski definition) is 4. The molecule has 0 atom stereocenters. The molecule has 1 aliphatic carbocycles. The minimum absolute atomic E-state index is 0.0850. The average Bonchev–Trinajstić information content (AvgIpc) is 2.87. The van der Waals surface area contributed by atoms with Crippen molar-refractivity contribution in [3.05, 3.63) is 45.9 Å². The Morgan fingerprint density at radius 1 is 1.28 bits per heavy atom. The van der Waals surface area contributed by atoms with Crippen LogP contribution in [0, 0.1) is 6.92 Å². The molecule has 0 radical (unpaired) electrons. The molecular formula is C20H26N2O2S. The maximum Gasteiger partial charge on any atom is 0.253 e. The van der Waals surface area contributed by atoms with Gasteiger partial charge in [-0.1, -0.05) is 31.7 Å². The maximum atomic E-state index is 12.8. The summed E-state index contributed by atoms with van der Waals surface area (Å²) >= 11 is 1.62. The lowest BCUT2D eigenvalue weighted by Gasteiger charge is -2.27. The number of thiazole rings is 1. The van der Waals surface area contributed by atoms with Crippen LogP contribution < -0.4 is 4.74 Å². The molecule has 1 aliphatic rings. The van der Waals surface area contributed by atoms with Crippen LogP contribution in [0.4, 0.5) is 0 Å². The number of rotatable bonds is 5. The van der Waals surface area contributed by atoms with Crippen LogP contribution in [0.1, 0.15) is 59.6 Å². The van der Waals surface area contributed by atoms with E-state index in [1.165, 1.54) is 25.7 Å². The van der Waals surface area contributed by atoms with Crippen molar-refractivity contribution in [2.24, 2.45) is 0 Å². The van der Waals surface area contributed by atoms with Crippen LogP contribution in [0.3, 0.4) is 0 Å². The minimum Gasteiger partial charge on any atom is -0.487 e. The first-order valence-corrected chi connectivity index (χ1v) is 9.92. The van der Waals surface area contributed by atoms with Gasteiger partial charge in [0.15, 0.2) is 0 Å². The number of amides is 1. The van der Waals surface area contributed by atoms with Crippen LogP contribution in [0.5, 0.6) is 5.75 Å². The van der Waals surface area contributed by atoms with E-state index in [2.05, 4.69) is 4.98 Å². The summed E-state index contributed by atoms with van der Waals surface area (Å²) in [5, 5.41) is 3.04. The zero-order valence-electron chi connectivity index (χ0n) is 15.0. The standard InChI is InChI=1S/C20H26N2O2S/c1-15-21-17(14-25-15)13-24-19-11-7-8-16(12-19)20(23)22(2)18-9-5-3-4-6-10-18/h7-8,11-12,14,18H,3-6,9-10,13H2,1-2H3. The Balaban J connectivity index is 1.64. The van der Waals surface area contributed by atoms with Crippen molar-refractivity contribution in [3.63, 3.8) is 0 Å². The van der Waals surface area contributed by atoms with Crippen molar-refractivity contribution in [1.29, 1.82) is 0 Å². The highest BCUT2D eigenvalue weighted by molar-refractivity contribution is 7.09. The summed E-state index contributed by atoms with van der Waals surface area (Å²) in [7, 11) is 1.93. The van der Waals surface area contributed by atoms with E-state index in [-0.39, 0.29) is 5.91 Å². The second-order valence-corrected chi connectivity index (χ2v) is 7.80. The first-order chi connectivity index (χ1) is 12.1. The van der Waals surface area contributed by atoms with E-state index in [1.54, 1.807) is 11.3 Å². The van der Waals surface area contributed by atoms with Crippen molar-refractivity contribution in [2.45, 2.75) is 58.1 Å². The number of carbonyl (C=O) groups is 1. The van der Waals surface area contributed by atoms with E-state index in [0.29, 0.717) is 24.0 Å². The molecule has 0 bridgehead atoms. The van der Waals surface area contributed by atoms with Crippen molar-refractivity contribution in [3.8, 4) is 5.75 Å².